The van der Waals surface area contributed by atoms with Crippen LogP contribution in [0.1, 0.15) is 10.4 Å². The summed E-state index contributed by atoms with van der Waals surface area (Å²) in [6, 6.07) is 16.7. The highest BCUT2D eigenvalue weighted by Crippen LogP contribution is 2.35. The van der Waals surface area contributed by atoms with E-state index in [4.69, 9.17) is 11.6 Å². The predicted octanol–water partition coefficient (Wildman–Crippen LogP) is 6.54. The minimum absolute atomic E-state index is 0.128. The lowest BCUT2D eigenvalue weighted by Gasteiger charge is -2.07. The monoisotopic (exact) mass is 504 g/mol. The summed E-state index contributed by atoms with van der Waals surface area (Å²) in [4.78, 5) is 16.4. The van der Waals surface area contributed by atoms with Crippen molar-refractivity contribution < 1.29 is 9.90 Å². The van der Waals surface area contributed by atoms with E-state index in [0.29, 0.717) is 20.8 Å². The second-order valence-electron chi connectivity index (χ2n) is 5.89. The lowest BCUT2D eigenvalue weighted by molar-refractivity contribution is 0.0698. The first-order valence-corrected chi connectivity index (χ1v) is 9.87. The van der Waals surface area contributed by atoms with Crippen LogP contribution in [-0.2, 0) is 0 Å². The van der Waals surface area contributed by atoms with Crippen LogP contribution in [0.5, 0.6) is 0 Å². The molecule has 0 aliphatic heterocycles. The fourth-order valence-electron chi connectivity index (χ4n) is 2.96. The van der Waals surface area contributed by atoms with Gasteiger partial charge in [0.25, 0.3) is 0 Å². The van der Waals surface area contributed by atoms with Crippen molar-refractivity contribution in [1.82, 2.24) is 9.38 Å². The zero-order valence-electron chi connectivity index (χ0n) is 13.7. The van der Waals surface area contributed by atoms with E-state index in [1.807, 2.05) is 42.6 Å². The zero-order chi connectivity index (χ0) is 19.1. The summed E-state index contributed by atoms with van der Waals surface area (Å²) < 4.78 is 3.41. The number of carboxylic acids is 1. The second kappa shape index (κ2) is 7.11. The molecule has 0 saturated heterocycles. The number of rotatable bonds is 3. The van der Waals surface area contributed by atoms with Crippen LogP contribution < -0.4 is 0 Å². The minimum atomic E-state index is -1.03. The van der Waals surface area contributed by atoms with Crippen LogP contribution in [0.4, 0.5) is 0 Å². The molecule has 0 atom stereocenters. The van der Waals surface area contributed by atoms with E-state index >= 15 is 0 Å². The van der Waals surface area contributed by atoms with Crippen molar-refractivity contribution in [2.24, 2.45) is 0 Å². The number of imidazole rings is 1. The van der Waals surface area contributed by atoms with Crippen LogP contribution >= 0.6 is 43.5 Å². The number of pyridine rings is 1. The number of halogens is 3. The summed E-state index contributed by atoms with van der Waals surface area (Å²) in [6.07, 6.45) is 1.82. The molecule has 2 heterocycles. The summed E-state index contributed by atoms with van der Waals surface area (Å²) in [6.45, 7) is 0. The van der Waals surface area contributed by atoms with Gasteiger partial charge in [0.05, 0.1) is 11.4 Å². The van der Waals surface area contributed by atoms with Crippen LogP contribution in [0, 0.1) is 0 Å². The summed E-state index contributed by atoms with van der Waals surface area (Å²) >= 11 is 12.9. The maximum Gasteiger partial charge on any atom is 0.339 e. The molecule has 0 aliphatic carbocycles. The first kappa shape index (κ1) is 18.2. The Balaban J connectivity index is 2.10. The third-order valence-corrected chi connectivity index (χ3v) is 5.37. The molecule has 2 aromatic carbocycles. The van der Waals surface area contributed by atoms with Crippen LogP contribution in [-0.4, -0.2) is 20.5 Å². The van der Waals surface area contributed by atoms with E-state index < -0.39 is 5.97 Å². The Bertz CT molecular complexity index is 1170. The number of nitrogens with zero attached hydrogens (tertiary/aromatic N) is 2. The van der Waals surface area contributed by atoms with Gasteiger partial charge in [-0.1, -0.05) is 51.8 Å². The molecule has 0 fully saturated rings. The van der Waals surface area contributed by atoms with Gasteiger partial charge in [0.1, 0.15) is 5.56 Å². The molecule has 2 aromatic heterocycles. The Hall–Kier alpha value is -2.15. The summed E-state index contributed by atoms with van der Waals surface area (Å²) in [5.74, 6) is -1.03. The molecule has 0 saturated carbocycles. The van der Waals surface area contributed by atoms with E-state index in [1.54, 1.807) is 22.6 Å². The standard InChI is InChI=1S/C20H11Br2ClN2O2/c21-13-5-1-11(2-6-13)17-18(12-3-7-15(23)8-4-12)25-10-14(22)9-16(20(26)27)19(25)24-17/h1-10H,(H,26,27). The van der Waals surface area contributed by atoms with E-state index in [-0.39, 0.29) is 5.56 Å². The largest absolute Gasteiger partial charge is 0.478 e. The summed E-state index contributed by atoms with van der Waals surface area (Å²) in [5, 5.41) is 10.3. The molecular formula is C20H11Br2ClN2O2. The highest BCUT2D eigenvalue weighted by molar-refractivity contribution is 9.10. The molecule has 0 bridgehead atoms. The normalized spacial score (nSPS) is 11.1. The van der Waals surface area contributed by atoms with Gasteiger partial charge in [-0.3, -0.25) is 4.40 Å². The van der Waals surface area contributed by atoms with Gasteiger partial charge >= 0.3 is 5.97 Å². The van der Waals surface area contributed by atoms with Crippen LogP contribution in [0.3, 0.4) is 0 Å². The number of aromatic nitrogens is 2. The zero-order valence-corrected chi connectivity index (χ0v) is 17.6. The van der Waals surface area contributed by atoms with Gasteiger partial charge in [0.15, 0.2) is 5.65 Å². The Morgan fingerprint density at radius 2 is 1.59 bits per heavy atom. The third kappa shape index (κ3) is 3.40. The number of benzene rings is 2. The number of aromatic carboxylic acids is 1. The Morgan fingerprint density at radius 1 is 0.963 bits per heavy atom. The second-order valence-corrected chi connectivity index (χ2v) is 8.16. The Morgan fingerprint density at radius 3 is 2.22 bits per heavy atom. The van der Waals surface area contributed by atoms with Gasteiger partial charge < -0.3 is 5.11 Å². The minimum Gasteiger partial charge on any atom is -0.478 e. The van der Waals surface area contributed by atoms with Gasteiger partial charge in [-0.2, -0.15) is 0 Å². The number of hydrogen-bond donors (Lipinski definition) is 1. The van der Waals surface area contributed by atoms with Crippen molar-refractivity contribution in [3.05, 3.63) is 80.3 Å². The summed E-state index contributed by atoms with van der Waals surface area (Å²) in [5.41, 5.74) is 3.79. The topological polar surface area (TPSA) is 54.6 Å². The molecule has 1 N–H and O–H groups in total. The number of carboxylic acid groups (broad SMARTS) is 1. The van der Waals surface area contributed by atoms with Crippen molar-refractivity contribution in [3.63, 3.8) is 0 Å². The molecule has 0 radical (unpaired) electrons. The smallest absolute Gasteiger partial charge is 0.339 e. The van der Waals surface area contributed by atoms with Gasteiger partial charge in [-0.25, -0.2) is 9.78 Å². The SMILES string of the molecule is O=C(O)c1cc(Br)cn2c(-c3ccc(Cl)cc3)c(-c3ccc(Br)cc3)nc12. The van der Waals surface area contributed by atoms with Gasteiger partial charge in [-0.15, -0.1) is 0 Å². The quantitative estimate of drug-likeness (QED) is 0.343. The summed E-state index contributed by atoms with van der Waals surface area (Å²) in [7, 11) is 0. The van der Waals surface area contributed by atoms with Crippen molar-refractivity contribution in [1.29, 1.82) is 0 Å². The average Bonchev–Trinajstić information content (AvgIpc) is 3.01. The molecule has 7 heteroatoms. The Labute approximate surface area is 176 Å². The Kier molecular flexibility index (Phi) is 4.80. The number of hydrogen-bond acceptors (Lipinski definition) is 2. The molecule has 0 unspecified atom stereocenters. The third-order valence-electron chi connectivity index (χ3n) is 4.15. The average molecular weight is 507 g/mol. The molecule has 4 nitrogen and oxygen atoms in total. The molecule has 0 amide bonds. The van der Waals surface area contributed by atoms with Gasteiger partial charge in [0, 0.05) is 31.3 Å². The van der Waals surface area contributed by atoms with E-state index in [9.17, 15) is 9.90 Å². The van der Waals surface area contributed by atoms with Gasteiger partial charge in [-0.05, 0) is 46.3 Å². The van der Waals surface area contributed by atoms with E-state index in [0.717, 1.165) is 21.3 Å². The van der Waals surface area contributed by atoms with Crippen LogP contribution in [0.25, 0.3) is 28.2 Å². The van der Waals surface area contributed by atoms with Crippen LogP contribution in [0.15, 0.2) is 69.7 Å². The first-order valence-electron chi connectivity index (χ1n) is 7.91. The highest BCUT2D eigenvalue weighted by atomic mass is 79.9. The molecule has 0 aliphatic rings. The number of fused-ring (bicyclic) bond motifs is 1. The highest BCUT2D eigenvalue weighted by Gasteiger charge is 2.21. The van der Waals surface area contributed by atoms with Crippen molar-refractivity contribution in [2.45, 2.75) is 0 Å². The van der Waals surface area contributed by atoms with Gasteiger partial charge in [0.2, 0.25) is 0 Å². The lowest BCUT2D eigenvalue weighted by atomic mass is 10.1. The maximum atomic E-state index is 11.8. The lowest BCUT2D eigenvalue weighted by Crippen LogP contribution is -2.01. The fraction of sp³-hybridized carbons (Fsp3) is 0. The maximum absolute atomic E-state index is 11.8. The molecule has 134 valence electrons. The number of carbonyl (C=O) groups is 1. The molecule has 4 rings (SSSR count). The van der Waals surface area contributed by atoms with E-state index in [1.165, 1.54) is 0 Å². The van der Waals surface area contributed by atoms with Crippen LogP contribution in [0.2, 0.25) is 5.02 Å². The first-order chi connectivity index (χ1) is 12.9. The molecule has 0 spiro atoms. The van der Waals surface area contributed by atoms with Crippen molar-refractivity contribution >= 4 is 55.1 Å². The predicted molar refractivity (Wildman–Crippen MR) is 113 cm³/mol. The van der Waals surface area contributed by atoms with Crippen molar-refractivity contribution in [2.75, 3.05) is 0 Å². The van der Waals surface area contributed by atoms with E-state index in [2.05, 4.69) is 36.8 Å². The van der Waals surface area contributed by atoms with Crippen molar-refractivity contribution in [3.8, 4) is 22.5 Å². The molecular weight excluding hydrogens is 495 g/mol. The molecule has 4 aromatic rings. The molecule has 27 heavy (non-hydrogen) atoms. The fourth-order valence-corrected chi connectivity index (χ4v) is 3.79.